The summed E-state index contributed by atoms with van der Waals surface area (Å²) in [5, 5.41) is 10.8. The lowest BCUT2D eigenvalue weighted by atomic mass is 9.70. The lowest BCUT2D eigenvalue weighted by Crippen LogP contribution is -2.35. The van der Waals surface area contributed by atoms with Crippen molar-refractivity contribution in [3.63, 3.8) is 0 Å². The molecule has 1 aliphatic rings. The highest BCUT2D eigenvalue weighted by Gasteiger charge is 2.36. The first-order chi connectivity index (χ1) is 8.14. The molecule has 0 bridgehead atoms. The van der Waals surface area contributed by atoms with Gasteiger partial charge in [0.1, 0.15) is 0 Å². The molecule has 1 heterocycles. The summed E-state index contributed by atoms with van der Waals surface area (Å²) in [6.45, 7) is 4.21. The molecule has 3 unspecified atom stereocenters. The lowest BCUT2D eigenvalue weighted by molar-refractivity contribution is -0.0314. The summed E-state index contributed by atoms with van der Waals surface area (Å²) < 4.78 is 0. The molecular formula is C15H23NO. The normalized spacial score (nSPS) is 28.6. The molecule has 0 spiro atoms. The van der Waals surface area contributed by atoms with Crippen molar-refractivity contribution in [2.45, 2.75) is 51.6 Å². The number of aliphatic hydroxyl groups is 1. The highest BCUT2D eigenvalue weighted by atomic mass is 16.3. The van der Waals surface area contributed by atoms with Gasteiger partial charge in [-0.25, -0.2) is 0 Å². The zero-order chi connectivity index (χ0) is 12.3. The van der Waals surface area contributed by atoms with Crippen molar-refractivity contribution in [1.82, 2.24) is 4.98 Å². The third kappa shape index (κ3) is 2.68. The summed E-state index contributed by atoms with van der Waals surface area (Å²) in [7, 11) is 0. The molecule has 0 aromatic carbocycles. The second kappa shape index (κ2) is 5.18. The summed E-state index contributed by atoms with van der Waals surface area (Å²) in [5.41, 5.74) is 0.240. The van der Waals surface area contributed by atoms with Crippen molar-refractivity contribution < 1.29 is 5.11 Å². The van der Waals surface area contributed by atoms with Crippen LogP contribution in [0.15, 0.2) is 24.5 Å². The molecule has 0 aliphatic heterocycles. The Balaban J connectivity index is 2.15. The highest BCUT2D eigenvalue weighted by Crippen LogP contribution is 2.41. The van der Waals surface area contributed by atoms with E-state index in [1.807, 2.05) is 19.1 Å². The number of pyridine rings is 1. The van der Waals surface area contributed by atoms with E-state index in [9.17, 15) is 5.11 Å². The second-order valence-electron chi connectivity index (χ2n) is 5.53. The van der Waals surface area contributed by atoms with Gasteiger partial charge in [0.05, 0.1) is 5.60 Å². The minimum Gasteiger partial charge on any atom is -0.385 e. The maximum absolute atomic E-state index is 10.8. The Morgan fingerprint density at radius 1 is 1.47 bits per heavy atom. The average Bonchev–Trinajstić information content (AvgIpc) is 2.40. The number of rotatable bonds is 3. The van der Waals surface area contributed by atoms with Gasteiger partial charge < -0.3 is 5.11 Å². The van der Waals surface area contributed by atoms with Crippen LogP contribution < -0.4 is 0 Å². The maximum Gasteiger partial charge on any atom is 0.0911 e. The van der Waals surface area contributed by atoms with Crippen LogP contribution >= 0.6 is 0 Å². The summed E-state index contributed by atoms with van der Waals surface area (Å²) in [6, 6.07) is 3.90. The number of hydrogen-bond donors (Lipinski definition) is 1. The van der Waals surface area contributed by atoms with Gasteiger partial charge in [-0.3, -0.25) is 4.98 Å². The van der Waals surface area contributed by atoms with E-state index in [1.165, 1.54) is 19.3 Å². The van der Waals surface area contributed by atoms with Crippen molar-refractivity contribution in [2.75, 3.05) is 0 Å². The monoisotopic (exact) mass is 233 g/mol. The molecule has 17 heavy (non-hydrogen) atoms. The van der Waals surface area contributed by atoms with E-state index < -0.39 is 5.60 Å². The zero-order valence-corrected chi connectivity index (χ0v) is 10.9. The van der Waals surface area contributed by atoms with Crippen LogP contribution in [0.3, 0.4) is 0 Å². The molecule has 1 aromatic heterocycles. The first kappa shape index (κ1) is 12.6. The largest absolute Gasteiger partial charge is 0.385 e. The van der Waals surface area contributed by atoms with Gasteiger partial charge in [-0.05, 0) is 37.7 Å². The van der Waals surface area contributed by atoms with Crippen LogP contribution in [0, 0.1) is 11.8 Å². The molecule has 0 radical (unpaired) electrons. The molecule has 2 nitrogen and oxygen atoms in total. The fourth-order valence-corrected chi connectivity index (χ4v) is 3.07. The molecule has 1 fully saturated rings. The van der Waals surface area contributed by atoms with E-state index in [4.69, 9.17) is 0 Å². The molecule has 1 aliphatic carbocycles. The van der Waals surface area contributed by atoms with Crippen LogP contribution in [-0.2, 0) is 5.60 Å². The highest BCUT2D eigenvalue weighted by molar-refractivity contribution is 5.18. The first-order valence-corrected chi connectivity index (χ1v) is 6.77. The Morgan fingerprint density at radius 3 is 2.94 bits per heavy atom. The third-order valence-corrected chi connectivity index (χ3v) is 4.40. The Labute approximate surface area is 104 Å². The molecule has 2 rings (SSSR count). The van der Waals surface area contributed by atoms with Crippen LogP contribution in [0.2, 0.25) is 0 Å². The van der Waals surface area contributed by atoms with Gasteiger partial charge in [0, 0.05) is 18.0 Å². The van der Waals surface area contributed by atoms with E-state index in [1.54, 1.807) is 12.4 Å². The summed E-state index contributed by atoms with van der Waals surface area (Å²) in [6.07, 6.45) is 9.66. The summed E-state index contributed by atoms with van der Waals surface area (Å²) in [5.74, 6) is 1.17. The quantitative estimate of drug-likeness (QED) is 0.866. The van der Waals surface area contributed by atoms with Crippen LogP contribution in [0.4, 0.5) is 0 Å². The molecule has 0 saturated heterocycles. The minimum atomic E-state index is -0.720. The molecule has 0 amide bonds. The van der Waals surface area contributed by atoms with Gasteiger partial charge in [-0.1, -0.05) is 32.3 Å². The van der Waals surface area contributed by atoms with Crippen LogP contribution in [0.25, 0.3) is 0 Å². The standard InChI is InChI=1S/C15H23NO/c1-3-12-6-4-7-13(10-12)15(2,17)14-8-5-9-16-11-14/h5,8-9,11-13,17H,3-4,6-7,10H2,1-2H3. The summed E-state index contributed by atoms with van der Waals surface area (Å²) >= 11 is 0. The Hall–Kier alpha value is -0.890. The van der Waals surface area contributed by atoms with Gasteiger partial charge >= 0.3 is 0 Å². The molecule has 1 N–H and O–H groups in total. The first-order valence-electron chi connectivity index (χ1n) is 6.77. The van der Waals surface area contributed by atoms with Gasteiger partial charge in [-0.2, -0.15) is 0 Å². The molecule has 3 atom stereocenters. The van der Waals surface area contributed by atoms with E-state index in [0.29, 0.717) is 5.92 Å². The Kier molecular flexibility index (Phi) is 3.82. The van der Waals surface area contributed by atoms with E-state index in [-0.39, 0.29) is 0 Å². The van der Waals surface area contributed by atoms with Gasteiger partial charge in [0.15, 0.2) is 0 Å². The zero-order valence-electron chi connectivity index (χ0n) is 10.9. The maximum atomic E-state index is 10.8. The molecule has 1 aromatic rings. The van der Waals surface area contributed by atoms with Crippen molar-refractivity contribution >= 4 is 0 Å². The van der Waals surface area contributed by atoms with Gasteiger partial charge in [-0.15, -0.1) is 0 Å². The van der Waals surface area contributed by atoms with Crippen molar-refractivity contribution in [1.29, 1.82) is 0 Å². The third-order valence-electron chi connectivity index (χ3n) is 4.40. The topological polar surface area (TPSA) is 33.1 Å². The smallest absolute Gasteiger partial charge is 0.0911 e. The predicted octanol–water partition coefficient (Wildman–Crippen LogP) is 3.51. The van der Waals surface area contributed by atoms with Gasteiger partial charge in [0.2, 0.25) is 0 Å². The van der Waals surface area contributed by atoms with Crippen LogP contribution in [0.1, 0.15) is 51.5 Å². The van der Waals surface area contributed by atoms with Crippen molar-refractivity contribution in [3.05, 3.63) is 30.1 Å². The number of aromatic nitrogens is 1. The van der Waals surface area contributed by atoms with Crippen LogP contribution in [0.5, 0.6) is 0 Å². The minimum absolute atomic E-state index is 0.380. The van der Waals surface area contributed by atoms with Crippen molar-refractivity contribution in [3.8, 4) is 0 Å². The van der Waals surface area contributed by atoms with Crippen LogP contribution in [-0.4, -0.2) is 10.1 Å². The van der Waals surface area contributed by atoms with Crippen molar-refractivity contribution in [2.24, 2.45) is 11.8 Å². The Bertz CT molecular complexity index is 347. The lowest BCUT2D eigenvalue weighted by Gasteiger charge is -2.38. The average molecular weight is 233 g/mol. The van der Waals surface area contributed by atoms with E-state index in [2.05, 4.69) is 11.9 Å². The van der Waals surface area contributed by atoms with Gasteiger partial charge in [0.25, 0.3) is 0 Å². The fraction of sp³-hybridized carbons (Fsp3) is 0.667. The number of hydrogen-bond acceptors (Lipinski definition) is 2. The van der Waals surface area contributed by atoms with E-state index >= 15 is 0 Å². The molecule has 1 saturated carbocycles. The predicted molar refractivity (Wildman–Crippen MR) is 69.5 cm³/mol. The number of nitrogens with zero attached hydrogens (tertiary/aromatic N) is 1. The SMILES string of the molecule is CCC1CCCC(C(C)(O)c2cccnc2)C1. The second-order valence-corrected chi connectivity index (χ2v) is 5.53. The molecule has 2 heteroatoms. The Morgan fingerprint density at radius 2 is 2.29 bits per heavy atom. The molecule has 94 valence electrons. The van der Waals surface area contributed by atoms with E-state index in [0.717, 1.165) is 24.3 Å². The fourth-order valence-electron chi connectivity index (χ4n) is 3.07. The molecular weight excluding hydrogens is 210 g/mol. The summed E-state index contributed by atoms with van der Waals surface area (Å²) in [4.78, 5) is 4.12.